The quantitative estimate of drug-likeness (QED) is 0.147. The molecule has 0 atom stereocenters. The van der Waals surface area contributed by atoms with Crippen molar-refractivity contribution in [2.24, 2.45) is 0 Å². The minimum Gasteiger partial charge on any atom is -0.503 e. The van der Waals surface area contributed by atoms with Crippen molar-refractivity contribution >= 4 is 21.8 Å². The van der Waals surface area contributed by atoms with E-state index in [4.69, 9.17) is 9.47 Å². The summed E-state index contributed by atoms with van der Waals surface area (Å²) in [6.07, 6.45) is 2.92. The summed E-state index contributed by atoms with van der Waals surface area (Å²) in [5, 5.41) is 1.86. The molecule has 254 valence electrons. The fourth-order valence-electron chi connectivity index (χ4n) is 6.00. The van der Waals surface area contributed by atoms with E-state index in [2.05, 4.69) is 63.0 Å². The van der Waals surface area contributed by atoms with Crippen molar-refractivity contribution in [1.29, 1.82) is 0 Å². The van der Waals surface area contributed by atoms with Crippen molar-refractivity contribution in [3.63, 3.8) is 0 Å². The number of rotatable bonds is 7. The van der Waals surface area contributed by atoms with Gasteiger partial charge in [0.05, 0.1) is 0 Å². The number of nitrogens with zero attached hydrogens (tertiary/aromatic N) is 6. The standard InChI is InChI=1S/C41H28N6O2.2Pt/c1-25-15-27(3)45-37(17-25)29-7-5-9-31(19-29)48-33-11-13-35-36-14-12-34(22-40(36)47(39(35)21-33)41-43-23-42-24-44-41)49-32-10-6-8-30(20-32)38-18-26(2)16-28(4)46-38;;/h5-18,23-24H,1-4H3;;/q-4;2*+2. The van der Waals surface area contributed by atoms with Gasteiger partial charge in [-0.1, -0.05) is 46.4 Å². The van der Waals surface area contributed by atoms with Gasteiger partial charge in [-0.3, -0.25) is 0 Å². The van der Waals surface area contributed by atoms with E-state index in [1.807, 2.05) is 103 Å². The molecule has 0 saturated carbocycles. The first kappa shape index (κ1) is 35.8. The van der Waals surface area contributed by atoms with Crippen LogP contribution in [0.5, 0.6) is 23.0 Å². The first-order chi connectivity index (χ1) is 23.9. The fraction of sp³-hybridized carbons (Fsp3) is 0.0976. The smallest absolute Gasteiger partial charge is 0.503 e. The van der Waals surface area contributed by atoms with Gasteiger partial charge < -0.3 is 24.0 Å². The van der Waals surface area contributed by atoms with Gasteiger partial charge in [-0.05, 0) is 51.2 Å². The monoisotopic (exact) mass is 1030 g/mol. The Hall–Kier alpha value is -5.03. The molecule has 0 bridgehead atoms. The van der Waals surface area contributed by atoms with Crippen molar-refractivity contribution < 1.29 is 51.6 Å². The second kappa shape index (κ2) is 15.1. The summed E-state index contributed by atoms with van der Waals surface area (Å²) in [7, 11) is 0. The maximum Gasteiger partial charge on any atom is 2.00 e. The third-order valence-electron chi connectivity index (χ3n) is 7.94. The van der Waals surface area contributed by atoms with E-state index in [1.165, 1.54) is 12.7 Å². The molecule has 4 aromatic carbocycles. The molecule has 0 saturated heterocycles. The summed E-state index contributed by atoms with van der Waals surface area (Å²) in [5.41, 5.74) is 8.99. The zero-order valence-electron chi connectivity index (χ0n) is 27.9. The number of aromatic nitrogens is 6. The molecular formula is C41H28N6O2Pt2. The molecule has 0 aliphatic heterocycles. The maximum atomic E-state index is 6.31. The Morgan fingerprint density at radius 2 is 0.980 bits per heavy atom. The summed E-state index contributed by atoms with van der Waals surface area (Å²) >= 11 is 0. The predicted molar refractivity (Wildman–Crippen MR) is 188 cm³/mol. The minimum atomic E-state index is 0. The summed E-state index contributed by atoms with van der Waals surface area (Å²) in [6, 6.07) is 41.1. The number of aryl methyl sites for hydroxylation is 4. The molecule has 51 heavy (non-hydrogen) atoms. The van der Waals surface area contributed by atoms with Crippen LogP contribution < -0.4 is 9.47 Å². The Bertz CT molecular complexity index is 2330. The second-order valence-corrected chi connectivity index (χ2v) is 11.8. The van der Waals surface area contributed by atoms with Gasteiger partial charge in [-0.15, -0.1) is 71.8 Å². The fourth-order valence-corrected chi connectivity index (χ4v) is 6.00. The molecule has 4 aromatic heterocycles. The summed E-state index contributed by atoms with van der Waals surface area (Å²) in [4.78, 5) is 22.3. The van der Waals surface area contributed by atoms with E-state index in [0.717, 1.165) is 55.8 Å². The molecule has 0 spiro atoms. The summed E-state index contributed by atoms with van der Waals surface area (Å²) < 4.78 is 14.5. The van der Waals surface area contributed by atoms with Gasteiger partial charge in [-0.25, -0.2) is 15.0 Å². The first-order valence-corrected chi connectivity index (χ1v) is 15.7. The molecule has 8 nitrogen and oxygen atoms in total. The zero-order chi connectivity index (χ0) is 33.5. The van der Waals surface area contributed by atoms with Gasteiger partial charge >= 0.3 is 42.1 Å². The summed E-state index contributed by atoms with van der Waals surface area (Å²) in [5.74, 6) is 2.54. The third-order valence-corrected chi connectivity index (χ3v) is 7.94. The van der Waals surface area contributed by atoms with Crippen molar-refractivity contribution in [3.8, 4) is 51.5 Å². The molecule has 10 heteroatoms. The van der Waals surface area contributed by atoms with Crippen molar-refractivity contribution in [1.82, 2.24) is 29.5 Å². The average Bonchev–Trinajstić information content (AvgIpc) is 3.41. The summed E-state index contributed by atoms with van der Waals surface area (Å²) in [6.45, 7) is 8.09. The van der Waals surface area contributed by atoms with Crippen molar-refractivity contribution in [2.75, 3.05) is 0 Å². The number of hydrogen-bond donors (Lipinski definition) is 0. The van der Waals surface area contributed by atoms with Crippen LogP contribution >= 0.6 is 0 Å². The van der Waals surface area contributed by atoms with E-state index >= 15 is 0 Å². The molecule has 0 fully saturated rings. The van der Waals surface area contributed by atoms with Crippen molar-refractivity contribution in [3.05, 3.63) is 144 Å². The number of benzene rings is 4. The van der Waals surface area contributed by atoms with Crippen LogP contribution in [-0.4, -0.2) is 29.5 Å². The van der Waals surface area contributed by atoms with Crippen LogP contribution in [0.1, 0.15) is 22.5 Å². The van der Waals surface area contributed by atoms with Gasteiger partial charge in [0.15, 0.2) is 0 Å². The van der Waals surface area contributed by atoms with Gasteiger partial charge in [0.1, 0.15) is 12.7 Å². The Morgan fingerprint density at radius 3 is 1.43 bits per heavy atom. The van der Waals surface area contributed by atoms with Crippen LogP contribution in [-0.2, 0) is 42.1 Å². The number of pyridine rings is 2. The second-order valence-electron chi connectivity index (χ2n) is 11.8. The Balaban J connectivity index is 0.00000224. The number of ether oxygens (including phenoxy) is 2. The molecule has 0 N–H and O–H groups in total. The first-order valence-electron chi connectivity index (χ1n) is 15.7. The predicted octanol–water partition coefficient (Wildman–Crippen LogP) is 9.11. The molecule has 0 radical (unpaired) electrons. The van der Waals surface area contributed by atoms with E-state index in [0.29, 0.717) is 40.0 Å². The van der Waals surface area contributed by atoms with E-state index in [-0.39, 0.29) is 42.1 Å². The maximum absolute atomic E-state index is 6.31. The molecule has 4 heterocycles. The van der Waals surface area contributed by atoms with Crippen LogP contribution in [0.3, 0.4) is 0 Å². The van der Waals surface area contributed by atoms with Crippen LogP contribution in [0.15, 0.2) is 97.6 Å². The Kier molecular flexibility index (Phi) is 10.6. The Morgan fingerprint density at radius 1 is 0.529 bits per heavy atom. The molecule has 0 amide bonds. The van der Waals surface area contributed by atoms with E-state index in [9.17, 15) is 0 Å². The third kappa shape index (κ3) is 7.53. The van der Waals surface area contributed by atoms with Gasteiger partial charge in [-0.2, -0.15) is 22.9 Å². The van der Waals surface area contributed by atoms with Gasteiger partial charge in [0, 0.05) is 34.4 Å². The number of hydrogen-bond acceptors (Lipinski definition) is 7. The van der Waals surface area contributed by atoms with Gasteiger partial charge in [0.25, 0.3) is 0 Å². The van der Waals surface area contributed by atoms with Crippen molar-refractivity contribution in [2.45, 2.75) is 27.7 Å². The van der Waals surface area contributed by atoms with Crippen LogP contribution in [0, 0.1) is 52.0 Å². The van der Waals surface area contributed by atoms with E-state index < -0.39 is 0 Å². The largest absolute Gasteiger partial charge is 2.00 e. The molecular weight excluding hydrogens is 999 g/mol. The normalized spacial score (nSPS) is 10.8. The molecule has 0 unspecified atom stereocenters. The SMILES string of the molecule is Cc1cc(C)nc(-c2[c-]c(Oc3[c-]c4c(cc3)c3ccc(Oc5[c-]c(-c6cc(C)cc(C)n6)ccc5)[c-]c3n4-c3ncncn3)ccc2)c1.[Pt+2].[Pt+2]. The zero-order valence-corrected chi connectivity index (χ0v) is 32.4. The molecule has 0 aliphatic carbocycles. The average molecular weight is 1030 g/mol. The molecule has 8 aromatic rings. The van der Waals surface area contributed by atoms with Gasteiger partial charge in [0.2, 0.25) is 5.95 Å². The van der Waals surface area contributed by atoms with Crippen LogP contribution in [0.4, 0.5) is 0 Å². The Labute approximate surface area is 324 Å². The number of fused-ring (bicyclic) bond motifs is 3. The molecule has 8 rings (SSSR count). The topological polar surface area (TPSA) is 87.8 Å². The molecule has 0 aliphatic rings. The van der Waals surface area contributed by atoms with Crippen LogP contribution in [0.2, 0.25) is 0 Å². The van der Waals surface area contributed by atoms with Crippen LogP contribution in [0.25, 0.3) is 50.3 Å². The van der Waals surface area contributed by atoms with E-state index in [1.54, 1.807) is 0 Å². The minimum absolute atomic E-state index is 0.